The fourth-order valence-electron chi connectivity index (χ4n) is 10.9. The molecule has 2 aliphatic heterocycles. The number of benzene rings is 4. The SMILES string of the molecule is Cc1ccc(NC(=O)C2(c3ccc4c(c3)OC(F)(F)O4)CC2)nc1-c1cccc(C(=O)NCCCCCCCCC(=O)NCc2ccc(-c3c4ncn(CC5(O)CCN(C(=O)C[C@@H](C)c6ccccc6)CC5)c(=O)c4nn3C)cc2)c1. The van der Waals surface area contributed by atoms with Gasteiger partial charge in [0.2, 0.25) is 17.7 Å². The van der Waals surface area contributed by atoms with Crippen LogP contribution in [0.2, 0.25) is 0 Å². The second-order valence-corrected chi connectivity index (χ2v) is 21.9. The summed E-state index contributed by atoms with van der Waals surface area (Å²) in [6.07, 6.45) is 5.67. The summed E-state index contributed by atoms with van der Waals surface area (Å²) < 4.78 is 39.5. The number of fused-ring (bicyclic) bond motifs is 2. The summed E-state index contributed by atoms with van der Waals surface area (Å²) in [5, 5.41) is 25.0. The second kappa shape index (κ2) is 23.8. The van der Waals surface area contributed by atoms with Crippen molar-refractivity contribution < 1.29 is 42.5 Å². The van der Waals surface area contributed by atoms with E-state index in [-0.39, 0.29) is 58.7 Å². The molecule has 10 rings (SSSR count). The Morgan fingerprint density at radius 3 is 2.26 bits per heavy atom. The largest absolute Gasteiger partial charge is 0.586 e. The number of rotatable bonds is 22. The third-order valence-electron chi connectivity index (χ3n) is 15.9. The lowest BCUT2D eigenvalue weighted by atomic mass is 9.90. The maximum atomic E-state index is 13.7. The summed E-state index contributed by atoms with van der Waals surface area (Å²) in [4.78, 5) is 77.6. The molecular formula is C62H67F2N9O8. The number of aryl methyl sites for hydroxylation is 2. The number of alkyl halides is 2. The smallest absolute Gasteiger partial charge is 0.395 e. The summed E-state index contributed by atoms with van der Waals surface area (Å²) in [7, 11) is 1.76. The first-order chi connectivity index (χ1) is 39.0. The minimum Gasteiger partial charge on any atom is -0.395 e. The Kier molecular flexibility index (Phi) is 16.4. The molecule has 5 heterocycles. The van der Waals surface area contributed by atoms with Gasteiger partial charge in [0, 0.05) is 62.8 Å². The molecule has 3 aliphatic rings. The van der Waals surface area contributed by atoms with E-state index in [1.807, 2.05) is 80.6 Å². The predicted octanol–water partition coefficient (Wildman–Crippen LogP) is 9.48. The van der Waals surface area contributed by atoms with Gasteiger partial charge in [-0.15, -0.1) is 8.78 Å². The van der Waals surface area contributed by atoms with E-state index < -0.39 is 17.3 Å². The first-order valence-corrected chi connectivity index (χ1v) is 27.9. The lowest BCUT2D eigenvalue weighted by Crippen LogP contribution is -2.49. The Balaban J connectivity index is 0.611. The molecule has 1 saturated carbocycles. The number of nitrogens with one attached hydrogen (secondary N) is 3. The third kappa shape index (κ3) is 13.0. The number of aliphatic hydroxyl groups is 1. The quantitative estimate of drug-likeness (QED) is 0.0470. The highest BCUT2D eigenvalue weighted by molar-refractivity contribution is 6.01. The number of anilines is 1. The molecule has 2 fully saturated rings. The van der Waals surface area contributed by atoms with Crippen molar-refractivity contribution in [2.45, 2.75) is 127 Å². The molecule has 17 nitrogen and oxygen atoms in total. The Morgan fingerprint density at radius 1 is 0.778 bits per heavy atom. The van der Waals surface area contributed by atoms with Crippen molar-refractivity contribution in [3.05, 3.63) is 154 Å². The molecule has 1 aliphatic carbocycles. The molecule has 0 bridgehead atoms. The highest BCUT2D eigenvalue weighted by atomic mass is 19.3. The van der Waals surface area contributed by atoms with E-state index in [2.05, 4.69) is 35.5 Å². The van der Waals surface area contributed by atoms with E-state index in [1.54, 1.807) is 47.0 Å². The van der Waals surface area contributed by atoms with E-state index in [9.17, 15) is 37.9 Å². The number of nitrogens with zero attached hydrogens (tertiary/aromatic N) is 6. The van der Waals surface area contributed by atoms with Gasteiger partial charge in [-0.05, 0) is 104 Å². The summed E-state index contributed by atoms with van der Waals surface area (Å²) in [5.74, 6) is -0.252. The van der Waals surface area contributed by atoms with Crippen LogP contribution in [0.15, 0.2) is 120 Å². The number of aromatic nitrogens is 5. The van der Waals surface area contributed by atoms with Crippen LogP contribution in [0.4, 0.5) is 14.6 Å². The number of hydrogen-bond donors (Lipinski definition) is 4. The van der Waals surface area contributed by atoms with E-state index in [1.165, 1.54) is 23.0 Å². The summed E-state index contributed by atoms with van der Waals surface area (Å²) in [5.41, 5.74) is 4.97. The second-order valence-electron chi connectivity index (χ2n) is 21.9. The van der Waals surface area contributed by atoms with Crippen LogP contribution in [0.25, 0.3) is 33.5 Å². The molecular weight excluding hydrogens is 1040 g/mol. The van der Waals surface area contributed by atoms with Gasteiger partial charge < -0.3 is 35.4 Å². The molecule has 81 heavy (non-hydrogen) atoms. The normalized spacial score (nSPS) is 16.0. The number of halogens is 2. The van der Waals surface area contributed by atoms with Crippen LogP contribution < -0.4 is 31.0 Å². The van der Waals surface area contributed by atoms with Crippen LogP contribution >= 0.6 is 0 Å². The lowest BCUT2D eigenvalue weighted by molar-refractivity contribution is -0.286. The molecule has 1 atom stereocenters. The molecule has 4 aromatic carbocycles. The molecule has 0 spiro atoms. The highest BCUT2D eigenvalue weighted by Crippen LogP contribution is 2.52. The van der Waals surface area contributed by atoms with Crippen molar-refractivity contribution in [3.8, 4) is 34.0 Å². The average molecular weight is 1100 g/mol. The van der Waals surface area contributed by atoms with Crippen molar-refractivity contribution in [3.63, 3.8) is 0 Å². The van der Waals surface area contributed by atoms with Crippen molar-refractivity contribution in [2.24, 2.45) is 7.05 Å². The van der Waals surface area contributed by atoms with Gasteiger partial charge in [-0.3, -0.25) is 33.2 Å². The summed E-state index contributed by atoms with van der Waals surface area (Å²) in [6, 6.07) is 32.8. The van der Waals surface area contributed by atoms with Gasteiger partial charge in [-0.25, -0.2) is 9.97 Å². The molecule has 4 amide bonds. The Bertz CT molecular complexity index is 3520. The van der Waals surface area contributed by atoms with Crippen molar-refractivity contribution >= 4 is 40.5 Å². The molecule has 0 radical (unpaired) electrons. The molecule has 0 unspecified atom stereocenters. The number of hydrogen-bond acceptors (Lipinski definition) is 11. The fraction of sp³-hybridized carbons (Fsp3) is 0.387. The van der Waals surface area contributed by atoms with Crippen molar-refractivity contribution in [1.29, 1.82) is 0 Å². The van der Waals surface area contributed by atoms with E-state index >= 15 is 0 Å². The molecule has 4 N–H and O–H groups in total. The van der Waals surface area contributed by atoms with E-state index in [4.69, 9.17) is 4.98 Å². The van der Waals surface area contributed by atoms with Crippen molar-refractivity contribution in [1.82, 2.24) is 39.8 Å². The van der Waals surface area contributed by atoms with Crippen LogP contribution in [0.3, 0.4) is 0 Å². The highest BCUT2D eigenvalue weighted by Gasteiger charge is 2.53. The van der Waals surface area contributed by atoms with Crippen LogP contribution in [-0.2, 0) is 39.9 Å². The Labute approximate surface area is 468 Å². The summed E-state index contributed by atoms with van der Waals surface area (Å²) in [6.45, 7) is 5.69. The number of amides is 4. The zero-order valence-electron chi connectivity index (χ0n) is 45.8. The number of pyridine rings is 1. The molecule has 422 valence electrons. The Morgan fingerprint density at radius 2 is 1.51 bits per heavy atom. The zero-order chi connectivity index (χ0) is 56.9. The number of piperidine rings is 1. The minimum atomic E-state index is -3.75. The number of likely N-dealkylation sites (tertiary alicyclic amines) is 1. The van der Waals surface area contributed by atoms with Crippen LogP contribution in [-0.4, -0.2) is 89.5 Å². The first kappa shape index (κ1) is 56.0. The zero-order valence-corrected chi connectivity index (χ0v) is 45.8. The minimum absolute atomic E-state index is 0.0212. The third-order valence-corrected chi connectivity index (χ3v) is 15.9. The van der Waals surface area contributed by atoms with Gasteiger partial charge >= 0.3 is 6.29 Å². The van der Waals surface area contributed by atoms with Crippen LogP contribution in [0.5, 0.6) is 11.5 Å². The average Bonchev–Trinajstić information content (AvgIpc) is 4.35. The summed E-state index contributed by atoms with van der Waals surface area (Å²) >= 11 is 0. The number of unbranched alkanes of at least 4 members (excludes halogenated alkanes) is 5. The van der Waals surface area contributed by atoms with Gasteiger partial charge in [0.25, 0.3) is 11.5 Å². The molecule has 19 heteroatoms. The maximum Gasteiger partial charge on any atom is 0.586 e. The topological polar surface area (TPSA) is 212 Å². The lowest BCUT2D eigenvalue weighted by Gasteiger charge is -2.38. The number of carbonyl (C=O) groups is 4. The first-order valence-electron chi connectivity index (χ1n) is 27.9. The monoisotopic (exact) mass is 1100 g/mol. The van der Waals surface area contributed by atoms with Gasteiger partial charge in [-0.1, -0.05) is 111 Å². The number of ether oxygens (including phenoxy) is 2. The maximum absolute atomic E-state index is 13.7. The van der Waals surface area contributed by atoms with Gasteiger partial charge in [0.15, 0.2) is 17.0 Å². The molecule has 1 saturated heterocycles. The van der Waals surface area contributed by atoms with Crippen molar-refractivity contribution in [2.75, 3.05) is 25.0 Å². The Hall–Kier alpha value is -8.32. The van der Waals surface area contributed by atoms with E-state index in [0.29, 0.717) is 104 Å². The number of carbonyl (C=O) groups excluding carboxylic acids is 4. The van der Waals surface area contributed by atoms with E-state index in [0.717, 1.165) is 60.8 Å². The predicted molar refractivity (Wildman–Crippen MR) is 302 cm³/mol. The van der Waals surface area contributed by atoms with Gasteiger partial charge in [-0.2, -0.15) is 5.10 Å². The molecule has 3 aromatic heterocycles. The van der Waals surface area contributed by atoms with Crippen LogP contribution in [0, 0.1) is 6.92 Å². The van der Waals surface area contributed by atoms with Gasteiger partial charge in [0.05, 0.1) is 35.3 Å². The standard InChI is InChI=1S/C62H67F2N9O8/c1-40-19-26-50(69-59(78)61(27-28-61)47-24-25-48-49(36-47)81-62(63,64)80-48)68-53(40)45-16-13-17-46(35-45)57(76)65-31-12-7-5-4-6-11-18-51(74)66-37-42-20-22-44(23-21-42)56-54-55(70-71(56)3)58(77)73(39-67-54)38-60(79)29-32-72(33-30-60)52(75)34-41(2)43-14-9-8-10-15-43/h8-10,13-17,19-26,35-36,39,41,79H,4-7,11-12,18,27-34,37-38H2,1-3H3,(H,65,76)(H,66,74)(H,68,69,78)/t41-/m1/s1. The fourth-order valence-corrected chi connectivity index (χ4v) is 10.9. The van der Waals surface area contributed by atoms with Crippen LogP contribution in [0.1, 0.15) is 123 Å². The van der Waals surface area contributed by atoms with Gasteiger partial charge in [0.1, 0.15) is 11.3 Å². The molecule has 7 aromatic rings.